The van der Waals surface area contributed by atoms with Crippen molar-refractivity contribution in [1.29, 1.82) is 5.41 Å². The van der Waals surface area contributed by atoms with Gasteiger partial charge in [0.25, 0.3) is 0 Å². The van der Waals surface area contributed by atoms with E-state index in [2.05, 4.69) is 47.9 Å². The Morgan fingerprint density at radius 1 is 1.06 bits per heavy atom. The van der Waals surface area contributed by atoms with Gasteiger partial charge < -0.3 is 4.57 Å². The van der Waals surface area contributed by atoms with E-state index in [0.29, 0.717) is 4.80 Å². The van der Waals surface area contributed by atoms with E-state index in [4.69, 9.17) is 5.41 Å². The summed E-state index contributed by atoms with van der Waals surface area (Å²) in [4.78, 5) is 0.608. The van der Waals surface area contributed by atoms with Gasteiger partial charge in [-0.1, -0.05) is 53.3 Å². The molecule has 0 unspecified atom stereocenters. The maximum atomic E-state index is 8.07. The van der Waals surface area contributed by atoms with E-state index in [1.54, 1.807) is 0 Å². The largest absolute Gasteiger partial charge is 0.312 e. The predicted octanol–water partition coefficient (Wildman–Crippen LogP) is 3.54. The number of fused-ring (bicyclic) bond motifs is 1. The molecule has 1 N–H and O–H groups in total. The molecule has 0 aliphatic carbocycles. The molecule has 90 valence electrons. The van der Waals surface area contributed by atoms with Gasteiger partial charge in [0.2, 0.25) is 0 Å². The van der Waals surface area contributed by atoms with Crippen LogP contribution in [-0.2, 0) is 6.54 Å². The number of benzene rings is 2. The molecule has 0 saturated heterocycles. The third-order valence-electron chi connectivity index (χ3n) is 3.07. The summed E-state index contributed by atoms with van der Waals surface area (Å²) in [7, 11) is 0. The molecule has 0 spiro atoms. The van der Waals surface area contributed by atoms with Crippen molar-refractivity contribution in [2.75, 3.05) is 0 Å². The molecule has 0 saturated carbocycles. The van der Waals surface area contributed by atoms with Gasteiger partial charge in [-0.2, -0.15) is 0 Å². The lowest BCUT2D eigenvalue weighted by molar-refractivity contribution is 0.789. The molecular weight excluding hydrogens is 240 g/mol. The van der Waals surface area contributed by atoms with E-state index in [9.17, 15) is 0 Å². The molecule has 0 aliphatic heterocycles. The summed E-state index contributed by atoms with van der Waals surface area (Å²) in [5.74, 6) is 0. The van der Waals surface area contributed by atoms with Crippen molar-refractivity contribution in [2.45, 2.75) is 13.5 Å². The van der Waals surface area contributed by atoms with E-state index < -0.39 is 0 Å². The fourth-order valence-electron chi connectivity index (χ4n) is 2.07. The molecule has 1 heterocycles. The number of hydrogen-bond donors (Lipinski definition) is 1. The van der Waals surface area contributed by atoms with Crippen LogP contribution in [0.1, 0.15) is 11.1 Å². The average molecular weight is 254 g/mol. The fraction of sp³-hybridized carbons (Fsp3) is 0.133. The highest BCUT2D eigenvalue weighted by atomic mass is 32.1. The Balaban J connectivity index is 2.07. The lowest BCUT2D eigenvalue weighted by Crippen LogP contribution is -2.13. The second-order valence-electron chi connectivity index (χ2n) is 4.45. The molecule has 0 aliphatic rings. The first-order chi connectivity index (χ1) is 8.74. The second-order valence-corrected chi connectivity index (χ2v) is 5.48. The van der Waals surface area contributed by atoms with Gasteiger partial charge in [-0.3, -0.25) is 5.41 Å². The minimum Gasteiger partial charge on any atom is -0.312 e. The number of hydrogen-bond acceptors (Lipinski definition) is 2. The maximum absolute atomic E-state index is 8.07. The molecular formula is C15H14N2S. The summed E-state index contributed by atoms with van der Waals surface area (Å²) < 4.78 is 3.24. The Kier molecular flexibility index (Phi) is 2.76. The van der Waals surface area contributed by atoms with Gasteiger partial charge in [-0.05, 0) is 24.6 Å². The Bertz CT molecular complexity index is 735. The van der Waals surface area contributed by atoms with Crippen LogP contribution in [-0.4, -0.2) is 4.57 Å². The van der Waals surface area contributed by atoms with Crippen LogP contribution in [0.2, 0.25) is 0 Å². The summed E-state index contributed by atoms with van der Waals surface area (Å²) in [6.45, 7) is 2.86. The maximum Gasteiger partial charge on any atom is 0.183 e. The molecule has 0 fully saturated rings. The molecule has 0 bridgehead atoms. The van der Waals surface area contributed by atoms with Crippen molar-refractivity contribution < 1.29 is 0 Å². The number of aromatic nitrogens is 1. The Labute approximate surface area is 110 Å². The molecule has 2 nitrogen and oxygen atoms in total. The highest BCUT2D eigenvalue weighted by Crippen LogP contribution is 2.17. The molecule has 1 aromatic heterocycles. The third-order valence-corrected chi connectivity index (χ3v) is 4.05. The third kappa shape index (κ3) is 1.97. The van der Waals surface area contributed by atoms with Gasteiger partial charge >= 0.3 is 0 Å². The summed E-state index contributed by atoms with van der Waals surface area (Å²) in [6.07, 6.45) is 0. The van der Waals surface area contributed by atoms with Gasteiger partial charge in [0.1, 0.15) is 0 Å². The summed E-state index contributed by atoms with van der Waals surface area (Å²) in [5, 5.41) is 8.07. The average Bonchev–Trinajstić information content (AvgIpc) is 2.69. The molecule has 18 heavy (non-hydrogen) atoms. The highest BCUT2D eigenvalue weighted by Gasteiger charge is 2.04. The van der Waals surface area contributed by atoms with E-state index in [-0.39, 0.29) is 0 Å². The first-order valence-electron chi connectivity index (χ1n) is 5.92. The van der Waals surface area contributed by atoms with E-state index >= 15 is 0 Å². The lowest BCUT2D eigenvalue weighted by atomic mass is 10.1. The van der Waals surface area contributed by atoms with Crippen molar-refractivity contribution in [3.63, 3.8) is 0 Å². The lowest BCUT2D eigenvalue weighted by Gasteiger charge is -2.05. The smallest absolute Gasteiger partial charge is 0.183 e. The summed E-state index contributed by atoms with van der Waals surface area (Å²) in [5.41, 5.74) is 3.65. The van der Waals surface area contributed by atoms with Crippen LogP contribution in [0.25, 0.3) is 10.2 Å². The van der Waals surface area contributed by atoms with E-state index in [1.807, 2.05) is 12.1 Å². The first kappa shape index (κ1) is 11.2. The van der Waals surface area contributed by atoms with Crippen molar-refractivity contribution >= 4 is 21.6 Å². The zero-order valence-corrected chi connectivity index (χ0v) is 11.0. The van der Waals surface area contributed by atoms with Crippen LogP contribution >= 0.6 is 11.3 Å². The van der Waals surface area contributed by atoms with Crippen LogP contribution in [0.15, 0.2) is 48.5 Å². The van der Waals surface area contributed by atoms with Crippen molar-refractivity contribution in [2.24, 2.45) is 0 Å². The number of para-hydroxylation sites is 1. The van der Waals surface area contributed by atoms with Gasteiger partial charge in [0.05, 0.1) is 16.8 Å². The zero-order chi connectivity index (χ0) is 12.5. The Morgan fingerprint density at radius 2 is 1.78 bits per heavy atom. The van der Waals surface area contributed by atoms with Crippen LogP contribution < -0.4 is 4.80 Å². The number of rotatable bonds is 2. The molecule has 3 heteroatoms. The van der Waals surface area contributed by atoms with Gasteiger partial charge in [-0.15, -0.1) is 0 Å². The monoisotopic (exact) mass is 254 g/mol. The first-order valence-corrected chi connectivity index (χ1v) is 6.74. The number of thiazole rings is 1. The molecule has 0 radical (unpaired) electrons. The molecule has 3 rings (SSSR count). The predicted molar refractivity (Wildman–Crippen MR) is 76.0 cm³/mol. The van der Waals surface area contributed by atoms with E-state index in [1.165, 1.54) is 27.2 Å². The number of nitrogens with one attached hydrogen (secondary N) is 1. The van der Waals surface area contributed by atoms with Gasteiger partial charge in [0, 0.05) is 0 Å². The highest BCUT2D eigenvalue weighted by molar-refractivity contribution is 7.16. The standard InChI is InChI=1S/C15H14N2S/c1-11-6-8-12(9-7-11)10-17-13-4-2-3-5-14(13)18-15(17)16/h2-9,16H,10H2,1H3. The van der Waals surface area contributed by atoms with Crippen LogP contribution in [0.5, 0.6) is 0 Å². The Hall–Kier alpha value is -1.87. The van der Waals surface area contributed by atoms with Crippen LogP contribution in [0, 0.1) is 12.3 Å². The van der Waals surface area contributed by atoms with Gasteiger partial charge in [0.15, 0.2) is 4.80 Å². The SMILES string of the molecule is Cc1ccc(Cn2c(=N)sc3ccccc32)cc1. The van der Waals surface area contributed by atoms with Crippen molar-refractivity contribution in [3.8, 4) is 0 Å². The van der Waals surface area contributed by atoms with Crippen molar-refractivity contribution in [1.82, 2.24) is 4.57 Å². The minimum absolute atomic E-state index is 0.608. The summed E-state index contributed by atoms with van der Waals surface area (Å²) >= 11 is 1.53. The number of nitrogens with zero attached hydrogens (tertiary/aromatic N) is 1. The molecule has 3 aromatic rings. The van der Waals surface area contributed by atoms with Crippen LogP contribution in [0.4, 0.5) is 0 Å². The molecule has 0 atom stereocenters. The van der Waals surface area contributed by atoms with Crippen LogP contribution in [0.3, 0.4) is 0 Å². The van der Waals surface area contributed by atoms with E-state index in [0.717, 1.165) is 12.1 Å². The molecule has 2 aromatic carbocycles. The molecule has 0 amide bonds. The second kappa shape index (κ2) is 4.42. The quantitative estimate of drug-likeness (QED) is 0.725. The summed E-state index contributed by atoms with van der Waals surface area (Å²) in [6, 6.07) is 16.7. The van der Waals surface area contributed by atoms with Gasteiger partial charge in [-0.25, -0.2) is 0 Å². The zero-order valence-electron chi connectivity index (χ0n) is 10.2. The fourth-order valence-corrected chi connectivity index (χ4v) is 2.98. The van der Waals surface area contributed by atoms with Crippen molar-refractivity contribution in [3.05, 3.63) is 64.5 Å². The number of aryl methyl sites for hydroxylation is 1. The minimum atomic E-state index is 0.608. The Morgan fingerprint density at radius 3 is 2.56 bits per heavy atom. The normalized spacial score (nSPS) is 10.9. The topological polar surface area (TPSA) is 28.8 Å².